The van der Waals surface area contributed by atoms with Gasteiger partial charge in [0, 0.05) is 43.7 Å². The first kappa shape index (κ1) is 27.4. The molecule has 208 valence electrons. The molecule has 1 N–H and O–H groups in total. The summed E-state index contributed by atoms with van der Waals surface area (Å²) in [7, 11) is 0. The number of fused-ring (bicyclic) bond motifs is 2. The molecule has 0 spiro atoms. The molecule has 1 fully saturated rings. The van der Waals surface area contributed by atoms with Crippen molar-refractivity contribution in [3.05, 3.63) is 40.2 Å². The van der Waals surface area contributed by atoms with Crippen molar-refractivity contribution < 1.29 is 13.9 Å². The molecule has 3 atom stereocenters. The van der Waals surface area contributed by atoms with Gasteiger partial charge in [-0.2, -0.15) is 0 Å². The van der Waals surface area contributed by atoms with Crippen LogP contribution in [0.5, 0.6) is 0 Å². The monoisotopic (exact) mass is 542 g/mol. The number of amides is 2. The lowest BCUT2D eigenvalue weighted by molar-refractivity contribution is 0.112. The highest BCUT2D eigenvalue weighted by atomic mass is 32.1. The Balaban J connectivity index is 1.22. The van der Waals surface area contributed by atoms with Crippen molar-refractivity contribution in [1.29, 1.82) is 0 Å². The van der Waals surface area contributed by atoms with Crippen molar-refractivity contribution in [2.75, 3.05) is 36.5 Å². The number of thiazole rings is 1. The lowest BCUT2D eigenvalue weighted by Gasteiger charge is -2.39. The van der Waals surface area contributed by atoms with E-state index in [-0.39, 0.29) is 11.8 Å². The number of rotatable bonds is 8. The van der Waals surface area contributed by atoms with Crippen LogP contribution in [0.2, 0.25) is 0 Å². The van der Waals surface area contributed by atoms with Crippen LogP contribution in [0.15, 0.2) is 18.2 Å². The van der Waals surface area contributed by atoms with E-state index in [2.05, 4.69) is 42.9 Å². The number of ether oxygens (including phenoxy) is 1. The molecule has 0 bridgehead atoms. The molecule has 38 heavy (non-hydrogen) atoms. The third kappa shape index (κ3) is 5.57. The Labute approximate surface area is 231 Å². The van der Waals surface area contributed by atoms with E-state index in [0.717, 1.165) is 48.5 Å². The number of halogens is 1. The normalized spacial score (nSPS) is 22.1. The summed E-state index contributed by atoms with van der Waals surface area (Å²) in [4.78, 5) is 23.0. The zero-order valence-corrected chi connectivity index (χ0v) is 24.2. The summed E-state index contributed by atoms with van der Waals surface area (Å²) in [5.41, 5.74) is 3.75. The number of urea groups is 1. The van der Waals surface area contributed by atoms with Crippen LogP contribution in [0.1, 0.15) is 88.3 Å². The summed E-state index contributed by atoms with van der Waals surface area (Å²) in [6, 6.07) is 5.62. The van der Waals surface area contributed by atoms with Crippen LogP contribution in [0, 0.1) is 17.2 Å². The van der Waals surface area contributed by atoms with E-state index in [1.54, 1.807) is 12.1 Å². The molecule has 2 amide bonds. The molecule has 0 aliphatic carbocycles. The molecular weight excluding hydrogens is 499 g/mol. The summed E-state index contributed by atoms with van der Waals surface area (Å²) >= 11 is 1.51. The van der Waals surface area contributed by atoms with Gasteiger partial charge in [0.15, 0.2) is 5.13 Å². The van der Waals surface area contributed by atoms with Crippen LogP contribution in [-0.2, 0) is 17.8 Å². The third-order valence-corrected chi connectivity index (χ3v) is 10.5. The molecule has 3 aliphatic heterocycles. The lowest BCUT2D eigenvalue weighted by Crippen LogP contribution is -2.47. The van der Waals surface area contributed by atoms with Crippen LogP contribution >= 0.6 is 11.3 Å². The van der Waals surface area contributed by atoms with Crippen LogP contribution in [0.25, 0.3) is 0 Å². The van der Waals surface area contributed by atoms with Crippen molar-refractivity contribution in [2.24, 2.45) is 11.3 Å². The highest BCUT2D eigenvalue weighted by Crippen LogP contribution is 2.47. The minimum atomic E-state index is -0.166. The maximum Gasteiger partial charge on any atom is 0.323 e. The van der Waals surface area contributed by atoms with Gasteiger partial charge in [-0.05, 0) is 54.7 Å². The van der Waals surface area contributed by atoms with Crippen LogP contribution in [0.3, 0.4) is 0 Å². The van der Waals surface area contributed by atoms with Crippen LogP contribution < -0.4 is 10.2 Å². The number of carbonyl (C=O) groups is 1. The SMILES string of the molecule is CCCC(C)(CC)C(C)CC1CN(C2CCN(C(=O)Nc3nc4c(s3)COCC4)CC2)c2cc(F)ccc21. The van der Waals surface area contributed by atoms with Crippen LogP contribution in [-0.4, -0.2) is 48.2 Å². The third-order valence-electron chi connectivity index (χ3n) is 9.52. The zero-order valence-electron chi connectivity index (χ0n) is 23.4. The Hall–Kier alpha value is -2.19. The molecule has 1 aromatic carbocycles. The summed E-state index contributed by atoms with van der Waals surface area (Å²) in [5, 5.41) is 3.67. The second kappa shape index (κ2) is 11.5. The number of nitrogens with zero attached hydrogens (tertiary/aromatic N) is 3. The van der Waals surface area contributed by atoms with Crippen molar-refractivity contribution in [3.8, 4) is 0 Å². The van der Waals surface area contributed by atoms with Crippen molar-refractivity contribution in [3.63, 3.8) is 0 Å². The minimum Gasteiger partial charge on any atom is -0.375 e. The van der Waals surface area contributed by atoms with Gasteiger partial charge in [0.1, 0.15) is 5.82 Å². The van der Waals surface area contributed by atoms with Gasteiger partial charge in [-0.1, -0.05) is 57.9 Å². The van der Waals surface area contributed by atoms with E-state index in [9.17, 15) is 9.18 Å². The molecule has 1 aromatic heterocycles. The Morgan fingerprint density at radius 3 is 2.82 bits per heavy atom. The number of nitrogens with one attached hydrogen (secondary N) is 1. The Morgan fingerprint density at radius 2 is 2.11 bits per heavy atom. The second-order valence-corrected chi connectivity index (χ2v) is 12.9. The number of benzene rings is 1. The van der Waals surface area contributed by atoms with Crippen molar-refractivity contribution in [1.82, 2.24) is 9.88 Å². The molecule has 8 heteroatoms. The topological polar surface area (TPSA) is 57.7 Å². The first-order valence-corrected chi connectivity index (χ1v) is 15.3. The quantitative estimate of drug-likeness (QED) is 0.383. The molecule has 3 unspecified atom stereocenters. The van der Waals surface area contributed by atoms with E-state index in [4.69, 9.17) is 4.74 Å². The van der Waals surface area contributed by atoms with E-state index in [1.165, 1.54) is 36.2 Å². The largest absolute Gasteiger partial charge is 0.375 e. The van der Waals surface area contributed by atoms with E-state index in [1.807, 2.05) is 11.0 Å². The number of piperidine rings is 1. The Morgan fingerprint density at radius 1 is 1.32 bits per heavy atom. The van der Waals surface area contributed by atoms with Gasteiger partial charge in [0.25, 0.3) is 0 Å². The van der Waals surface area contributed by atoms with E-state index < -0.39 is 0 Å². The Bertz CT molecular complexity index is 1110. The van der Waals surface area contributed by atoms with Crippen molar-refractivity contribution in [2.45, 2.75) is 91.2 Å². The first-order valence-electron chi connectivity index (χ1n) is 14.5. The molecule has 0 saturated carbocycles. The molecule has 0 radical (unpaired) electrons. The summed E-state index contributed by atoms with van der Waals surface area (Å²) < 4.78 is 19.9. The van der Waals surface area contributed by atoms with E-state index in [0.29, 0.717) is 54.7 Å². The highest BCUT2D eigenvalue weighted by Gasteiger charge is 2.38. The molecule has 4 heterocycles. The number of likely N-dealkylation sites (tertiary alicyclic amines) is 1. The summed E-state index contributed by atoms with van der Waals surface area (Å²) in [6.07, 6.45) is 7.35. The zero-order chi connectivity index (χ0) is 26.9. The lowest BCUT2D eigenvalue weighted by atomic mass is 9.69. The smallest absolute Gasteiger partial charge is 0.323 e. The predicted octanol–water partition coefficient (Wildman–Crippen LogP) is 7.20. The van der Waals surface area contributed by atoms with Gasteiger partial charge < -0.3 is 14.5 Å². The number of hydrogen-bond donors (Lipinski definition) is 1. The van der Waals surface area contributed by atoms with Crippen molar-refractivity contribution >= 4 is 28.2 Å². The predicted molar refractivity (Wildman–Crippen MR) is 153 cm³/mol. The maximum atomic E-state index is 14.4. The van der Waals surface area contributed by atoms with Gasteiger partial charge >= 0.3 is 6.03 Å². The number of aromatic nitrogens is 1. The molecular formula is C30H43FN4O2S. The molecule has 5 rings (SSSR count). The minimum absolute atomic E-state index is 0.0789. The highest BCUT2D eigenvalue weighted by molar-refractivity contribution is 7.15. The van der Waals surface area contributed by atoms with Gasteiger partial charge in [-0.3, -0.25) is 5.32 Å². The average molecular weight is 543 g/mol. The summed E-state index contributed by atoms with van der Waals surface area (Å²) in [5.74, 6) is 0.855. The van der Waals surface area contributed by atoms with Gasteiger partial charge in [0.2, 0.25) is 0 Å². The fourth-order valence-electron chi connectivity index (χ4n) is 6.78. The van der Waals surface area contributed by atoms with Gasteiger partial charge in [-0.25, -0.2) is 14.2 Å². The number of hydrogen-bond acceptors (Lipinski definition) is 5. The molecule has 3 aliphatic rings. The van der Waals surface area contributed by atoms with E-state index >= 15 is 0 Å². The Kier molecular flexibility index (Phi) is 8.29. The van der Waals surface area contributed by atoms with Crippen LogP contribution in [0.4, 0.5) is 20.0 Å². The van der Waals surface area contributed by atoms with Gasteiger partial charge in [0.05, 0.1) is 23.8 Å². The summed E-state index contributed by atoms with van der Waals surface area (Å²) in [6.45, 7) is 13.1. The number of anilines is 2. The number of carbonyl (C=O) groups excluding carboxylic acids is 1. The maximum absolute atomic E-state index is 14.4. The fraction of sp³-hybridized carbons (Fsp3) is 0.667. The molecule has 1 saturated heterocycles. The average Bonchev–Trinajstić information content (AvgIpc) is 3.49. The second-order valence-electron chi connectivity index (χ2n) is 11.8. The molecule has 6 nitrogen and oxygen atoms in total. The van der Waals surface area contributed by atoms with Gasteiger partial charge in [-0.15, -0.1) is 0 Å². The fourth-order valence-corrected chi connectivity index (χ4v) is 7.71. The standard InChI is InChI=1S/C30H43FN4O2S/c1-5-12-30(4,6-2)20(3)16-21-18-35(26-17-22(31)7-8-24(21)26)23-9-13-34(14-10-23)29(36)33-28-32-25-11-15-37-19-27(25)38-28/h7-8,17,20-21,23H,5-6,9-16,18-19H2,1-4H3,(H,32,33,36). The molecule has 2 aromatic rings. The first-order chi connectivity index (χ1) is 18.3.